The summed E-state index contributed by atoms with van der Waals surface area (Å²) >= 11 is 1.40. The molecular weight excluding hydrogens is 522 g/mol. The van der Waals surface area contributed by atoms with Crippen LogP contribution in [0.5, 0.6) is 0 Å². The van der Waals surface area contributed by atoms with Crippen LogP contribution in [-0.4, -0.2) is 74.3 Å². The summed E-state index contributed by atoms with van der Waals surface area (Å²) in [5.74, 6) is 0.289. The predicted molar refractivity (Wildman–Crippen MR) is 146 cm³/mol. The molecule has 1 aliphatic carbocycles. The molecule has 2 fully saturated rings. The van der Waals surface area contributed by atoms with E-state index < -0.39 is 15.8 Å². The van der Waals surface area contributed by atoms with Crippen LogP contribution in [0.25, 0.3) is 0 Å². The van der Waals surface area contributed by atoms with Gasteiger partial charge in [-0.05, 0) is 55.2 Å². The largest absolute Gasteiger partial charge is 0.353 e. The second-order valence-electron chi connectivity index (χ2n) is 9.62. The molecule has 0 spiro atoms. The van der Waals surface area contributed by atoms with Crippen LogP contribution in [0.4, 0.5) is 5.82 Å². The molecule has 2 amide bonds. The van der Waals surface area contributed by atoms with E-state index in [0.717, 1.165) is 36.6 Å². The lowest BCUT2D eigenvalue weighted by Crippen LogP contribution is -2.49. The summed E-state index contributed by atoms with van der Waals surface area (Å²) in [7, 11) is -3.58. The first kappa shape index (κ1) is 27.9. The second kappa shape index (κ2) is 13.1. The Balaban J connectivity index is 1.28. The Bertz CT molecular complexity index is 1240. The molecule has 2 atom stereocenters. The van der Waals surface area contributed by atoms with Crippen molar-refractivity contribution < 1.29 is 18.0 Å². The number of sulfone groups is 1. The van der Waals surface area contributed by atoms with E-state index in [-0.39, 0.29) is 40.7 Å². The Labute approximate surface area is 228 Å². The van der Waals surface area contributed by atoms with E-state index in [1.165, 1.54) is 11.8 Å². The standard InChI is InChI=1S/C27H33N5O4S2/c28-12-14-30-27(34)24-6-2-1-5-21(24)20-38(35,36)23-10-8-22(9-11-23)37-19-26(33)32-17-15-31(16-18-32)25-7-3-4-13-29-25/h3-4,7-11,13,21,24H,1-2,5-6,14-20H2,(H,30,34)/t21-,24+/m1/s1. The molecular formula is C27H33N5O4S2. The molecule has 0 unspecified atom stereocenters. The number of hydrogen-bond acceptors (Lipinski definition) is 8. The number of carbonyl (C=O) groups is 2. The number of rotatable bonds is 9. The molecule has 0 radical (unpaired) electrons. The van der Waals surface area contributed by atoms with Crippen LogP contribution >= 0.6 is 11.8 Å². The summed E-state index contributed by atoms with van der Waals surface area (Å²) in [6.07, 6.45) is 4.86. The van der Waals surface area contributed by atoms with Gasteiger partial charge in [-0.2, -0.15) is 5.26 Å². The van der Waals surface area contributed by atoms with Gasteiger partial charge in [0, 0.05) is 43.2 Å². The van der Waals surface area contributed by atoms with Crippen LogP contribution in [0.15, 0.2) is 58.5 Å². The van der Waals surface area contributed by atoms with Crippen molar-refractivity contribution in [3.05, 3.63) is 48.7 Å². The summed E-state index contributed by atoms with van der Waals surface area (Å²) in [6.45, 7) is 2.69. The summed E-state index contributed by atoms with van der Waals surface area (Å²) < 4.78 is 26.3. The number of hydrogen-bond donors (Lipinski definition) is 1. The molecule has 11 heteroatoms. The zero-order valence-corrected chi connectivity index (χ0v) is 22.9. The van der Waals surface area contributed by atoms with Gasteiger partial charge in [-0.25, -0.2) is 13.4 Å². The first-order valence-electron chi connectivity index (χ1n) is 12.9. The number of amides is 2. The summed E-state index contributed by atoms with van der Waals surface area (Å²) in [5.41, 5.74) is 0. The Morgan fingerprint density at radius 1 is 1.05 bits per heavy atom. The van der Waals surface area contributed by atoms with Gasteiger partial charge < -0.3 is 15.1 Å². The molecule has 9 nitrogen and oxygen atoms in total. The third kappa shape index (κ3) is 7.26. The number of nitrogens with zero attached hydrogens (tertiary/aromatic N) is 4. The first-order valence-corrected chi connectivity index (χ1v) is 15.6. The van der Waals surface area contributed by atoms with Crippen molar-refractivity contribution in [1.29, 1.82) is 5.26 Å². The number of thioether (sulfide) groups is 1. The topological polar surface area (TPSA) is 123 Å². The molecule has 2 aromatic rings. The van der Waals surface area contributed by atoms with Gasteiger partial charge in [-0.1, -0.05) is 18.9 Å². The number of carbonyl (C=O) groups excluding carboxylic acids is 2. The third-order valence-electron chi connectivity index (χ3n) is 7.17. The summed E-state index contributed by atoms with van der Waals surface area (Å²) in [5, 5.41) is 11.3. The van der Waals surface area contributed by atoms with E-state index in [2.05, 4.69) is 15.2 Å². The fourth-order valence-electron chi connectivity index (χ4n) is 5.09. The number of benzene rings is 1. The molecule has 4 rings (SSSR count). The highest BCUT2D eigenvalue weighted by Gasteiger charge is 2.34. The number of anilines is 1. The molecule has 1 aromatic heterocycles. The lowest BCUT2D eigenvalue weighted by Gasteiger charge is -2.35. The first-order chi connectivity index (χ1) is 18.4. The van der Waals surface area contributed by atoms with Crippen LogP contribution in [0.3, 0.4) is 0 Å². The molecule has 0 bridgehead atoms. The van der Waals surface area contributed by atoms with Crippen molar-refractivity contribution in [2.24, 2.45) is 11.8 Å². The SMILES string of the molecule is N#CCNC(=O)[C@H]1CCCC[C@@H]1CS(=O)(=O)c1ccc(SCC(=O)N2CCN(c3ccccn3)CC2)cc1. The normalized spacial score (nSPS) is 20.0. The zero-order valence-electron chi connectivity index (χ0n) is 21.3. The van der Waals surface area contributed by atoms with E-state index in [9.17, 15) is 18.0 Å². The molecule has 1 aliphatic heterocycles. The number of pyridine rings is 1. The number of nitriles is 1. The smallest absolute Gasteiger partial charge is 0.233 e. The van der Waals surface area contributed by atoms with Crippen molar-refractivity contribution in [2.45, 2.75) is 35.5 Å². The van der Waals surface area contributed by atoms with Gasteiger partial charge in [0.15, 0.2) is 9.84 Å². The molecule has 1 N–H and O–H groups in total. The van der Waals surface area contributed by atoms with E-state index in [0.29, 0.717) is 25.9 Å². The van der Waals surface area contributed by atoms with Crippen LogP contribution < -0.4 is 10.2 Å². The van der Waals surface area contributed by atoms with Gasteiger partial charge in [0.1, 0.15) is 12.4 Å². The maximum absolute atomic E-state index is 13.1. The van der Waals surface area contributed by atoms with Gasteiger partial charge in [-0.3, -0.25) is 9.59 Å². The minimum Gasteiger partial charge on any atom is -0.353 e. The van der Waals surface area contributed by atoms with E-state index in [4.69, 9.17) is 5.26 Å². The molecule has 38 heavy (non-hydrogen) atoms. The van der Waals surface area contributed by atoms with Gasteiger partial charge in [0.05, 0.1) is 22.5 Å². The maximum Gasteiger partial charge on any atom is 0.233 e. The zero-order chi connectivity index (χ0) is 27.0. The van der Waals surface area contributed by atoms with Crippen LogP contribution in [0, 0.1) is 23.2 Å². The Kier molecular flexibility index (Phi) is 9.63. The molecule has 1 aromatic carbocycles. The van der Waals surface area contributed by atoms with Gasteiger partial charge in [0.25, 0.3) is 0 Å². The second-order valence-corrected chi connectivity index (χ2v) is 12.7. The van der Waals surface area contributed by atoms with E-state index in [1.807, 2.05) is 29.2 Å². The van der Waals surface area contributed by atoms with Crippen molar-refractivity contribution in [3.63, 3.8) is 0 Å². The Morgan fingerprint density at radius 2 is 1.79 bits per heavy atom. The van der Waals surface area contributed by atoms with Crippen molar-refractivity contribution in [2.75, 3.05) is 49.1 Å². The molecule has 1 saturated heterocycles. The molecule has 2 aliphatic rings. The molecule has 2 heterocycles. The van der Waals surface area contributed by atoms with E-state index in [1.54, 1.807) is 30.5 Å². The third-order valence-corrected chi connectivity index (χ3v) is 10.0. The van der Waals surface area contributed by atoms with Crippen molar-refractivity contribution in [3.8, 4) is 6.07 Å². The van der Waals surface area contributed by atoms with Crippen LogP contribution in [0.2, 0.25) is 0 Å². The highest BCUT2D eigenvalue weighted by atomic mass is 32.2. The summed E-state index contributed by atoms with van der Waals surface area (Å²) in [4.78, 5) is 34.7. The minimum atomic E-state index is -3.58. The molecule has 1 saturated carbocycles. The van der Waals surface area contributed by atoms with Crippen LogP contribution in [-0.2, 0) is 19.4 Å². The number of aromatic nitrogens is 1. The van der Waals surface area contributed by atoms with Crippen molar-refractivity contribution >= 4 is 39.2 Å². The average Bonchev–Trinajstić information content (AvgIpc) is 2.95. The predicted octanol–water partition coefficient (Wildman–Crippen LogP) is 2.74. The van der Waals surface area contributed by atoms with Crippen LogP contribution in [0.1, 0.15) is 25.7 Å². The monoisotopic (exact) mass is 555 g/mol. The van der Waals surface area contributed by atoms with Gasteiger partial charge in [-0.15, -0.1) is 11.8 Å². The minimum absolute atomic E-state index is 0.0605. The number of piperazine rings is 1. The van der Waals surface area contributed by atoms with E-state index >= 15 is 0 Å². The number of nitrogens with one attached hydrogen (secondary N) is 1. The molecule has 202 valence electrons. The van der Waals surface area contributed by atoms with Gasteiger partial charge >= 0.3 is 0 Å². The lowest BCUT2D eigenvalue weighted by molar-refractivity contribution is -0.129. The summed E-state index contributed by atoms with van der Waals surface area (Å²) in [6, 6.07) is 14.4. The highest BCUT2D eigenvalue weighted by Crippen LogP contribution is 2.33. The quantitative estimate of drug-likeness (QED) is 0.370. The highest BCUT2D eigenvalue weighted by molar-refractivity contribution is 8.00. The Morgan fingerprint density at radius 3 is 2.47 bits per heavy atom. The fraction of sp³-hybridized carbons (Fsp3) is 0.481. The lowest BCUT2D eigenvalue weighted by atomic mass is 9.80. The fourth-order valence-corrected chi connectivity index (χ4v) is 7.60. The van der Waals surface area contributed by atoms with Crippen molar-refractivity contribution in [1.82, 2.24) is 15.2 Å². The average molecular weight is 556 g/mol. The Hall–Kier alpha value is -3.10. The maximum atomic E-state index is 13.1. The van der Waals surface area contributed by atoms with Gasteiger partial charge in [0.2, 0.25) is 11.8 Å².